The molecule has 0 radical (unpaired) electrons. The lowest BCUT2D eigenvalue weighted by Crippen LogP contribution is -2.32. The van der Waals surface area contributed by atoms with Crippen molar-refractivity contribution in [2.45, 2.75) is 25.7 Å². The Hall–Kier alpha value is -8.29. The highest BCUT2D eigenvalue weighted by Crippen LogP contribution is 2.17. The molecule has 0 saturated carbocycles. The van der Waals surface area contributed by atoms with E-state index in [2.05, 4.69) is 57.5 Å². The predicted molar refractivity (Wildman–Crippen MR) is 245 cm³/mol. The highest BCUT2D eigenvalue weighted by atomic mass is 16.2. The van der Waals surface area contributed by atoms with E-state index in [-0.39, 0.29) is 96.8 Å². The summed E-state index contributed by atoms with van der Waals surface area (Å²) in [6, 6.07) is 2.92. The first kappa shape index (κ1) is 49.7. The maximum atomic E-state index is 13.2. The summed E-state index contributed by atoms with van der Waals surface area (Å²) in [6.07, 6.45) is 8.15. The Morgan fingerprint density at radius 1 is 0.493 bits per heavy atom. The van der Waals surface area contributed by atoms with E-state index >= 15 is 0 Å². The van der Waals surface area contributed by atoms with E-state index in [1.165, 1.54) is 59.8 Å². The Bertz CT molecular complexity index is 2650. The van der Waals surface area contributed by atoms with Crippen LogP contribution >= 0.6 is 0 Å². The van der Waals surface area contributed by atoms with Crippen molar-refractivity contribution in [2.24, 2.45) is 35.2 Å². The molecule has 0 atom stereocenters. The van der Waals surface area contributed by atoms with Crippen LogP contribution in [0.5, 0.6) is 0 Å². The fourth-order valence-corrected chi connectivity index (χ4v) is 6.52. The molecule has 0 aliphatic heterocycles. The molecule has 5 aromatic rings. The number of carbonyl (C=O) groups excluding carboxylic acids is 8. The second-order valence-corrected chi connectivity index (χ2v) is 15.7. The summed E-state index contributed by atoms with van der Waals surface area (Å²) in [6.45, 7) is 1.42. The second-order valence-electron chi connectivity index (χ2n) is 15.7. The van der Waals surface area contributed by atoms with Gasteiger partial charge in [-0.1, -0.05) is 0 Å². The Morgan fingerprint density at radius 3 is 1.36 bits per heavy atom. The normalized spacial score (nSPS) is 10.9. The summed E-state index contributed by atoms with van der Waals surface area (Å²) in [5.74, 6) is -3.29. The van der Waals surface area contributed by atoms with E-state index in [0.29, 0.717) is 12.2 Å². The van der Waals surface area contributed by atoms with Gasteiger partial charge in [-0.15, -0.1) is 0 Å². The summed E-state index contributed by atoms with van der Waals surface area (Å²) < 4.78 is 7.33. The van der Waals surface area contributed by atoms with Gasteiger partial charge in [-0.05, 0) is 39.2 Å². The Morgan fingerprint density at radius 2 is 0.910 bits per heavy atom. The number of aryl methyl sites for hydroxylation is 5. The lowest BCUT2D eigenvalue weighted by atomic mass is 10.3. The van der Waals surface area contributed by atoms with E-state index in [1.54, 1.807) is 41.4 Å². The van der Waals surface area contributed by atoms with E-state index in [0.717, 1.165) is 13.0 Å². The molecule has 5 rings (SSSR count). The van der Waals surface area contributed by atoms with Crippen molar-refractivity contribution in [3.63, 3.8) is 0 Å². The van der Waals surface area contributed by atoms with Crippen LogP contribution in [0.25, 0.3) is 0 Å². The van der Waals surface area contributed by atoms with Crippen molar-refractivity contribution < 1.29 is 38.4 Å². The molecule has 0 saturated heterocycles. The molecule has 10 N–H and O–H groups in total. The third-order valence-electron chi connectivity index (χ3n) is 9.80. The molecule has 26 nitrogen and oxygen atoms in total. The van der Waals surface area contributed by atoms with Crippen LogP contribution in [0.4, 0.5) is 28.8 Å². The van der Waals surface area contributed by atoms with E-state index in [1.807, 2.05) is 19.0 Å². The van der Waals surface area contributed by atoms with Gasteiger partial charge in [0.05, 0.1) is 11.4 Å². The molecule has 0 spiro atoms. The molecule has 0 aliphatic carbocycles. The molecular formula is C41H56N18O8. The number of hydrogen-bond donors (Lipinski definition) is 9. The number of carbonyl (C=O) groups is 8. The number of rotatable bonds is 22. The summed E-state index contributed by atoms with van der Waals surface area (Å²) in [7, 11) is 11.9. The minimum Gasteiger partial charge on any atom is -0.382 e. The van der Waals surface area contributed by atoms with Gasteiger partial charge in [0.15, 0.2) is 11.6 Å². The SMILES string of the molecule is CN(C)CCCNC(=O)CCNC(=O)c1nc(NC(=O)CCNC(=O)c2cc(NC(=O)c3nc(NC(=O)CCNC(=O)c4cc(NC(=O)c5nc(N)cn5C)cn4C)cn3C)cn2C)cn1C. The topological polar surface area (TPSA) is 325 Å². The molecule has 0 fully saturated rings. The molecule has 0 bridgehead atoms. The number of nitrogens with two attached hydrogens (primary N) is 1. The van der Waals surface area contributed by atoms with E-state index in [9.17, 15) is 38.4 Å². The van der Waals surface area contributed by atoms with Crippen LogP contribution in [-0.4, -0.2) is 137 Å². The van der Waals surface area contributed by atoms with Crippen LogP contribution in [0, 0.1) is 0 Å². The maximum Gasteiger partial charge on any atom is 0.291 e. The lowest BCUT2D eigenvalue weighted by molar-refractivity contribution is -0.121. The number of nitrogen functional groups attached to an aromatic ring is 1. The smallest absolute Gasteiger partial charge is 0.291 e. The molecule has 26 heteroatoms. The Labute approximate surface area is 384 Å². The molecule has 8 amide bonds. The fraction of sp³-hybridized carbons (Fsp3) is 0.390. The van der Waals surface area contributed by atoms with Gasteiger partial charge in [0.25, 0.3) is 29.5 Å². The van der Waals surface area contributed by atoms with Crippen LogP contribution in [0.15, 0.2) is 43.1 Å². The van der Waals surface area contributed by atoms with Gasteiger partial charge in [-0.2, -0.15) is 0 Å². The van der Waals surface area contributed by atoms with Crippen LogP contribution in [0.3, 0.4) is 0 Å². The zero-order chi connectivity index (χ0) is 48.9. The van der Waals surface area contributed by atoms with Gasteiger partial charge < -0.3 is 76.0 Å². The average molecular weight is 929 g/mol. The molecule has 5 aromatic heterocycles. The van der Waals surface area contributed by atoms with Crippen molar-refractivity contribution in [2.75, 3.05) is 73.8 Å². The number of hydrogen-bond acceptors (Lipinski definition) is 13. The molecule has 0 unspecified atom stereocenters. The first-order valence-corrected chi connectivity index (χ1v) is 20.9. The monoisotopic (exact) mass is 928 g/mol. The molecular weight excluding hydrogens is 873 g/mol. The summed E-state index contributed by atoms with van der Waals surface area (Å²) in [4.78, 5) is 116. The highest BCUT2D eigenvalue weighted by molar-refractivity contribution is 6.05. The summed E-state index contributed by atoms with van der Waals surface area (Å²) in [5.41, 5.74) is 6.70. The molecule has 358 valence electrons. The van der Waals surface area contributed by atoms with Gasteiger partial charge in [0.1, 0.15) is 17.2 Å². The second kappa shape index (κ2) is 22.6. The maximum absolute atomic E-state index is 13.2. The fourth-order valence-electron chi connectivity index (χ4n) is 6.52. The number of aromatic nitrogens is 8. The zero-order valence-corrected chi connectivity index (χ0v) is 38.3. The van der Waals surface area contributed by atoms with Crippen molar-refractivity contribution in [1.29, 1.82) is 0 Å². The largest absolute Gasteiger partial charge is 0.382 e. The number of imidazole rings is 3. The van der Waals surface area contributed by atoms with Crippen molar-refractivity contribution in [3.05, 3.63) is 72.0 Å². The van der Waals surface area contributed by atoms with Gasteiger partial charge >= 0.3 is 0 Å². The Balaban J connectivity index is 1.01. The third kappa shape index (κ3) is 14.1. The molecule has 67 heavy (non-hydrogen) atoms. The lowest BCUT2D eigenvalue weighted by Gasteiger charge is -2.10. The Kier molecular flexibility index (Phi) is 16.7. The van der Waals surface area contributed by atoms with Crippen molar-refractivity contribution >= 4 is 76.1 Å². The van der Waals surface area contributed by atoms with Gasteiger partial charge in [0.2, 0.25) is 35.2 Å². The van der Waals surface area contributed by atoms with Crippen LogP contribution in [-0.2, 0) is 49.6 Å². The van der Waals surface area contributed by atoms with Gasteiger partial charge in [-0.25, -0.2) is 15.0 Å². The summed E-state index contributed by atoms with van der Waals surface area (Å²) >= 11 is 0. The quantitative estimate of drug-likeness (QED) is 0.0391. The minimum absolute atomic E-state index is 0.0299. The van der Waals surface area contributed by atoms with Crippen molar-refractivity contribution in [3.8, 4) is 0 Å². The first-order chi connectivity index (χ1) is 31.8. The van der Waals surface area contributed by atoms with Gasteiger partial charge in [-0.3, -0.25) is 38.4 Å². The van der Waals surface area contributed by atoms with Crippen LogP contribution in [0.2, 0.25) is 0 Å². The van der Waals surface area contributed by atoms with Crippen LogP contribution < -0.4 is 48.3 Å². The number of anilines is 5. The third-order valence-corrected chi connectivity index (χ3v) is 9.80. The van der Waals surface area contributed by atoms with E-state index in [4.69, 9.17) is 5.73 Å². The first-order valence-electron chi connectivity index (χ1n) is 20.9. The highest BCUT2D eigenvalue weighted by Gasteiger charge is 2.21. The number of amides is 8. The van der Waals surface area contributed by atoms with Crippen LogP contribution in [0.1, 0.15) is 78.5 Å². The molecule has 0 aromatic carbocycles. The zero-order valence-electron chi connectivity index (χ0n) is 38.3. The summed E-state index contributed by atoms with van der Waals surface area (Å²) in [5, 5.41) is 21.3. The minimum atomic E-state index is -0.629. The average Bonchev–Trinajstić information content (AvgIpc) is 4.07. The van der Waals surface area contributed by atoms with E-state index < -0.39 is 41.4 Å². The standard InChI is InChI=1S/C41H56N18O8/c1-54(2)16-8-12-43-31(60)9-13-46-39(65)34-52-29(22-58(34)6)50-32(61)10-14-44-38(64)27-18-25(20-56(27)4)48-41(67)36-53-30(23-59(36)7)51-33(62)11-15-45-37(63)26-17-24(19-55(26)3)47-40(66)35-49-28(42)21-57(35)5/h17-23H,8-16,42H2,1-7H3,(H,43,60)(H,44,64)(H,45,63)(H,46,65)(H,47,66)(H,48,67)(H,50,61)(H,51,62). The predicted octanol–water partition coefficient (Wildman–Crippen LogP) is -0.644. The number of nitrogens with one attached hydrogen (secondary N) is 8. The number of nitrogens with zero attached hydrogens (tertiary/aromatic N) is 9. The van der Waals surface area contributed by atoms with Gasteiger partial charge in [0, 0.05) is 112 Å². The van der Waals surface area contributed by atoms with Crippen molar-refractivity contribution in [1.82, 2.24) is 64.0 Å². The molecule has 0 aliphatic rings. The molecule has 5 heterocycles.